The molecule has 1 heterocycles. The Hall–Kier alpha value is -3.35. The molecule has 1 aromatic heterocycles. The van der Waals surface area contributed by atoms with Crippen molar-refractivity contribution in [2.24, 2.45) is 0 Å². The first kappa shape index (κ1) is 18.4. The molecular formula is C20H16F3N3O. The summed E-state index contributed by atoms with van der Waals surface area (Å²) < 4.78 is 37.8. The van der Waals surface area contributed by atoms with Crippen molar-refractivity contribution in [2.75, 3.05) is 10.6 Å². The molecule has 2 aromatic carbocycles. The number of hydrogen-bond donors (Lipinski definition) is 2. The van der Waals surface area contributed by atoms with Crippen molar-refractivity contribution in [3.8, 4) is 0 Å². The average Bonchev–Trinajstić information content (AvgIpc) is 2.63. The second-order valence-corrected chi connectivity index (χ2v) is 5.95. The summed E-state index contributed by atoms with van der Waals surface area (Å²) in [4.78, 5) is 16.3. The number of carbonyl (C=O) groups excluding carboxylic acids is 1. The zero-order valence-electron chi connectivity index (χ0n) is 14.3. The van der Waals surface area contributed by atoms with Crippen LogP contribution >= 0.6 is 0 Å². The van der Waals surface area contributed by atoms with Gasteiger partial charge in [-0.3, -0.25) is 9.78 Å². The number of anilines is 3. The largest absolute Gasteiger partial charge is 0.416 e. The molecule has 0 aliphatic rings. The van der Waals surface area contributed by atoms with Gasteiger partial charge in [0.05, 0.1) is 5.56 Å². The minimum Gasteiger partial charge on any atom is -0.355 e. The minimum absolute atomic E-state index is 0.145. The summed E-state index contributed by atoms with van der Waals surface area (Å²) in [5, 5.41) is 5.71. The van der Waals surface area contributed by atoms with Crippen LogP contribution in [-0.4, -0.2) is 10.9 Å². The SMILES string of the molecule is Cc1ccc(Nc2ccnc(C(=O)Nc3ccc(C(F)(F)F)cc3)c2)cc1. The highest BCUT2D eigenvalue weighted by Crippen LogP contribution is 2.29. The number of hydrogen-bond acceptors (Lipinski definition) is 3. The van der Waals surface area contributed by atoms with E-state index in [2.05, 4.69) is 15.6 Å². The van der Waals surface area contributed by atoms with Crippen LogP contribution in [0.2, 0.25) is 0 Å². The van der Waals surface area contributed by atoms with Crippen molar-refractivity contribution in [3.05, 3.63) is 83.7 Å². The van der Waals surface area contributed by atoms with Crippen LogP contribution in [0.4, 0.5) is 30.2 Å². The van der Waals surface area contributed by atoms with Gasteiger partial charge in [-0.25, -0.2) is 0 Å². The Kier molecular flexibility index (Phi) is 5.12. The van der Waals surface area contributed by atoms with Gasteiger partial charge in [-0.1, -0.05) is 17.7 Å². The summed E-state index contributed by atoms with van der Waals surface area (Å²) in [6, 6.07) is 15.3. The van der Waals surface area contributed by atoms with Crippen LogP contribution in [0, 0.1) is 6.92 Å². The first-order valence-electron chi connectivity index (χ1n) is 8.09. The molecule has 0 saturated heterocycles. The van der Waals surface area contributed by atoms with Crippen LogP contribution in [-0.2, 0) is 6.18 Å². The van der Waals surface area contributed by atoms with E-state index in [1.165, 1.54) is 18.3 Å². The molecule has 0 aliphatic heterocycles. The van der Waals surface area contributed by atoms with Crippen molar-refractivity contribution >= 4 is 23.0 Å². The smallest absolute Gasteiger partial charge is 0.355 e. The normalized spacial score (nSPS) is 11.1. The summed E-state index contributed by atoms with van der Waals surface area (Å²) in [5.74, 6) is -0.512. The van der Waals surface area contributed by atoms with Crippen LogP contribution in [0.1, 0.15) is 21.6 Å². The number of pyridine rings is 1. The summed E-state index contributed by atoms with van der Waals surface area (Å²) in [6.07, 6.45) is -2.93. The van der Waals surface area contributed by atoms with Gasteiger partial charge in [-0.2, -0.15) is 13.2 Å². The molecule has 0 aliphatic carbocycles. The quantitative estimate of drug-likeness (QED) is 0.645. The lowest BCUT2D eigenvalue weighted by molar-refractivity contribution is -0.137. The fourth-order valence-corrected chi connectivity index (χ4v) is 2.37. The Morgan fingerprint density at radius 2 is 1.52 bits per heavy atom. The first-order valence-corrected chi connectivity index (χ1v) is 8.09. The van der Waals surface area contributed by atoms with Gasteiger partial charge in [0, 0.05) is 23.3 Å². The lowest BCUT2D eigenvalue weighted by Crippen LogP contribution is -2.14. The molecule has 0 spiro atoms. The number of rotatable bonds is 4. The number of aryl methyl sites for hydroxylation is 1. The molecule has 0 saturated carbocycles. The third-order valence-electron chi connectivity index (χ3n) is 3.80. The molecule has 27 heavy (non-hydrogen) atoms. The predicted octanol–water partition coefficient (Wildman–Crippen LogP) is 5.40. The summed E-state index contributed by atoms with van der Waals surface area (Å²) >= 11 is 0. The molecule has 0 fully saturated rings. The number of nitrogens with zero attached hydrogens (tertiary/aromatic N) is 1. The molecule has 0 unspecified atom stereocenters. The zero-order chi connectivity index (χ0) is 19.4. The average molecular weight is 371 g/mol. The standard InChI is InChI=1S/C20H16F3N3O/c1-13-2-6-15(7-3-13)25-17-10-11-24-18(12-17)19(27)26-16-8-4-14(5-9-16)20(21,22)23/h2-12H,1H3,(H,24,25)(H,26,27). The van der Waals surface area contributed by atoms with Crippen molar-refractivity contribution in [1.82, 2.24) is 4.98 Å². The molecule has 3 rings (SSSR count). The summed E-state index contributed by atoms with van der Waals surface area (Å²) in [5.41, 5.74) is 2.29. The van der Waals surface area contributed by atoms with Crippen LogP contribution in [0.15, 0.2) is 66.9 Å². The summed E-state index contributed by atoms with van der Waals surface area (Å²) in [7, 11) is 0. The van der Waals surface area contributed by atoms with Gasteiger partial charge >= 0.3 is 6.18 Å². The highest BCUT2D eigenvalue weighted by atomic mass is 19.4. The van der Waals surface area contributed by atoms with Gasteiger partial charge in [0.1, 0.15) is 5.69 Å². The van der Waals surface area contributed by atoms with Gasteiger partial charge in [0.2, 0.25) is 0 Å². The van der Waals surface area contributed by atoms with Crippen LogP contribution < -0.4 is 10.6 Å². The highest BCUT2D eigenvalue weighted by molar-refractivity contribution is 6.03. The van der Waals surface area contributed by atoms with Crippen LogP contribution in [0.3, 0.4) is 0 Å². The van der Waals surface area contributed by atoms with Gasteiger partial charge in [0.25, 0.3) is 5.91 Å². The fraction of sp³-hybridized carbons (Fsp3) is 0.100. The number of aromatic nitrogens is 1. The first-order chi connectivity index (χ1) is 12.8. The third-order valence-corrected chi connectivity index (χ3v) is 3.80. The van der Waals surface area contributed by atoms with Gasteiger partial charge in [0.15, 0.2) is 0 Å². The Balaban J connectivity index is 1.70. The van der Waals surface area contributed by atoms with Gasteiger partial charge in [-0.05, 0) is 55.5 Å². The predicted molar refractivity (Wildman–Crippen MR) is 98.1 cm³/mol. The van der Waals surface area contributed by atoms with Crippen molar-refractivity contribution in [1.29, 1.82) is 0 Å². The van der Waals surface area contributed by atoms with Crippen LogP contribution in [0.5, 0.6) is 0 Å². The number of carbonyl (C=O) groups is 1. The van der Waals surface area contributed by atoms with Crippen LogP contribution in [0.25, 0.3) is 0 Å². The number of benzene rings is 2. The van der Waals surface area contributed by atoms with Crippen molar-refractivity contribution in [2.45, 2.75) is 13.1 Å². The maximum atomic E-state index is 12.6. The Bertz CT molecular complexity index is 936. The zero-order valence-corrected chi connectivity index (χ0v) is 14.3. The topological polar surface area (TPSA) is 54.0 Å². The Morgan fingerprint density at radius 1 is 0.889 bits per heavy atom. The molecule has 0 radical (unpaired) electrons. The van der Waals surface area contributed by atoms with Crippen molar-refractivity contribution < 1.29 is 18.0 Å². The van der Waals surface area contributed by atoms with E-state index in [1.54, 1.807) is 12.1 Å². The molecule has 3 aromatic rings. The van der Waals surface area contributed by atoms with Gasteiger partial charge in [-0.15, -0.1) is 0 Å². The molecule has 138 valence electrons. The van der Waals surface area contributed by atoms with Gasteiger partial charge < -0.3 is 10.6 Å². The number of nitrogens with one attached hydrogen (secondary N) is 2. The molecule has 0 atom stereocenters. The highest BCUT2D eigenvalue weighted by Gasteiger charge is 2.30. The molecule has 1 amide bonds. The van der Waals surface area contributed by atoms with E-state index in [-0.39, 0.29) is 11.4 Å². The molecular weight excluding hydrogens is 355 g/mol. The van der Waals surface area contributed by atoms with E-state index in [9.17, 15) is 18.0 Å². The monoisotopic (exact) mass is 371 g/mol. The molecule has 4 nitrogen and oxygen atoms in total. The minimum atomic E-state index is -4.42. The Labute approximate surface area is 154 Å². The van der Waals surface area contributed by atoms with E-state index in [1.807, 2.05) is 31.2 Å². The third kappa shape index (κ3) is 4.84. The number of amides is 1. The van der Waals surface area contributed by atoms with E-state index in [0.29, 0.717) is 5.69 Å². The van der Waals surface area contributed by atoms with E-state index in [4.69, 9.17) is 0 Å². The van der Waals surface area contributed by atoms with Crippen molar-refractivity contribution in [3.63, 3.8) is 0 Å². The Morgan fingerprint density at radius 3 is 2.15 bits per heavy atom. The van der Waals surface area contributed by atoms with E-state index >= 15 is 0 Å². The lowest BCUT2D eigenvalue weighted by Gasteiger charge is -2.10. The summed E-state index contributed by atoms with van der Waals surface area (Å²) in [6.45, 7) is 1.99. The second kappa shape index (κ2) is 7.49. The molecule has 7 heteroatoms. The number of alkyl halides is 3. The molecule has 2 N–H and O–H groups in total. The van der Waals surface area contributed by atoms with E-state index in [0.717, 1.165) is 23.4 Å². The van der Waals surface area contributed by atoms with E-state index < -0.39 is 17.6 Å². The number of halogens is 3. The maximum Gasteiger partial charge on any atom is 0.416 e. The second-order valence-electron chi connectivity index (χ2n) is 5.95. The molecule has 0 bridgehead atoms. The maximum absolute atomic E-state index is 12.6. The lowest BCUT2D eigenvalue weighted by atomic mass is 10.2. The fourth-order valence-electron chi connectivity index (χ4n) is 2.37.